The van der Waals surface area contributed by atoms with Crippen LogP contribution in [0.4, 0.5) is 0 Å². The van der Waals surface area contributed by atoms with Crippen LogP contribution in [-0.2, 0) is 33.4 Å². The average Bonchev–Trinajstić information content (AvgIpc) is 4.19. The van der Waals surface area contributed by atoms with E-state index in [1.165, 1.54) is 0 Å². The number of likely N-dealkylation sites (tertiary alicyclic amines) is 2. The van der Waals surface area contributed by atoms with Gasteiger partial charge in [-0.05, 0) is 110 Å². The minimum atomic E-state index is -0.549. The maximum absolute atomic E-state index is 13.3. The molecule has 15 nitrogen and oxygen atoms in total. The molecule has 372 valence electrons. The van der Waals surface area contributed by atoms with Gasteiger partial charge < -0.3 is 44.6 Å². The van der Waals surface area contributed by atoms with Gasteiger partial charge in [0.15, 0.2) is 0 Å². The lowest BCUT2D eigenvalue weighted by molar-refractivity contribution is -0.137. The van der Waals surface area contributed by atoms with Crippen LogP contribution in [0.15, 0.2) is 73.1 Å². The van der Waals surface area contributed by atoms with E-state index in [1.807, 2.05) is 36.0 Å². The summed E-state index contributed by atoms with van der Waals surface area (Å²) in [6.45, 7) is 13.8. The molecular weight excluding hydrogens is 873 g/mol. The van der Waals surface area contributed by atoms with E-state index in [4.69, 9.17) is 9.72 Å². The van der Waals surface area contributed by atoms with E-state index in [0.717, 1.165) is 108 Å². The molecule has 3 saturated heterocycles. The number of benzene rings is 3. The van der Waals surface area contributed by atoms with Crippen molar-refractivity contribution in [1.82, 2.24) is 40.4 Å². The number of hydrogen-bond donors (Lipinski definition) is 4. The molecule has 3 fully saturated rings. The fraction of sp³-hybridized carbons (Fsp3) is 0.481. The number of carbonyl (C=O) groups excluding carboxylic acids is 4. The molecule has 0 radical (unpaired) electrons. The summed E-state index contributed by atoms with van der Waals surface area (Å²) >= 11 is 0. The Kier molecular flexibility index (Phi) is 22.1. The van der Waals surface area contributed by atoms with E-state index in [2.05, 4.69) is 136 Å². The summed E-state index contributed by atoms with van der Waals surface area (Å²) in [5, 5.41) is 7.68. The molecule has 15 heteroatoms. The number of amides is 4. The largest absolute Gasteiger partial charge is 0.388 e. The number of nitrogens with zero attached hydrogens (tertiary/aromatic N) is 4. The van der Waals surface area contributed by atoms with Gasteiger partial charge in [0.25, 0.3) is 0 Å². The summed E-state index contributed by atoms with van der Waals surface area (Å²) in [5.74, 6) is 2.55. The predicted octanol–water partition coefficient (Wildman–Crippen LogP) is 8.36. The van der Waals surface area contributed by atoms with Crippen molar-refractivity contribution < 1.29 is 33.4 Å². The van der Waals surface area contributed by atoms with Crippen LogP contribution in [-0.4, -0.2) is 121 Å². The lowest BCUT2D eigenvalue weighted by atomic mass is 9.93. The van der Waals surface area contributed by atoms with Gasteiger partial charge in [-0.15, -0.1) is 12.8 Å². The highest BCUT2D eigenvalue weighted by atomic mass is 16.5. The molecule has 2 aromatic heterocycles. The summed E-state index contributed by atoms with van der Waals surface area (Å²) < 4.78 is 14.1. The molecule has 4 unspecified atom stereocenters. The molecule has 4 amide bonds. The summed E-state index contributed by atoms with van der Waals surface area (Å²) in [4.78, 5) is 66.3. The third-order valence-corrected chi connectivity index (χ3v) is 12.9. The highest BCUT2D eigenvalue weighted by Gasteiger charge is 2.38. The molecule has 3 aliphatic rings. The summed E-state index contributed by atoms with van der Waals surface area (Å²) in [7, 11) is 6.50. The molecule has 8 atom stereocenters. The van der Waals surface area contributed by atoms with Crippen LogP contribution in [0.3, 0.4) is 0 Å². The Bertz CT molecular complexity index is 2370. The number of fused-ring (bicyclic) bond motifs is 1. The van der Waals surface area contributed by atoms with Gasteiger partial charge in [0.05, 0.1) is 48.1 Å². The monoisotopic (exact) mass is 947 g/mol. The van der Waals surface area contributed by atoms with Crippen molar-refractivity contribution in [2.24, 2.45) is 17.8 Å². The number of H-pyrrole nitrogens is 2. The van der Waals surface area contributed by atoms with Crippen LogP contribution in [0, 0.1) is 30.6 Å². The van der Waals surface area contributed by atoms with Crippen LogP contribution in [0.5, 0.6) is 0 Å². The Morgan fingerprint density at radius 1 is 0.768 bits per heavy atom. The predicted molar refractivity (Wildman–Crippen MR) is 273 cm³/mol. The molecule has 69 heavy (non-hydrogen) atoms. The third kappa shape index (κ3) is 14.6. The summed E-state index contributed by atoms with van der Waals surface area (Å²) in [6.07, 6.45) is 19.4. The number of imidazole rings is 2. The van der Waals surface area contributed by atoms with Crippen LogP contribution in [0.2, 0.25) is 0 Å². The lowest BCUT2D eigenvalue weighted by Gasteiger charge is -2.31. The Morgan fingerprint density at radius 2 is 1.29 bits per heavy atom. The minimum absolute atomic E-state index is 0.00802. The van der Waals surface area contributed by atoms with Gasteiger partial charge in [-0.1, -0.05) is 69.3 Å². The Hall–Kier alpha value is -6.34. The number of terminal acetylenes is 1. The van der Waals surface area contributed by atoms with Gasteiger partial charge in [0.1, 0.15) is 17.7 Å². The van der Waals surface area contributed by atoms with Crippen molar-refractivity contribution in [3.63, 3.8) is 0 Å². The van der Waals surface area contributed by atoms with E-state index in [1.54, 1.807) is 28.4 Å². The van der Waals surface area contributed by atoms with Crippen LogP contribution in [0.25, 0.3) is 44.4 Å². The van der Waals surface area contributed by atoms with Crippen molar-refractivity contribution >= 4 is 35.9 Å². The highest BCUT2D eigenvalue weighted by Crippen LogP contribution is 2.38. The fourth-order valence-corrected chi connectivity index (χ4v) is 9.45. The first-order valence-electron chi connectivity index (χ1n) is 23.7. The van der Waals surface area contributed by atoms with Gasteiger partial charge >= 0.3 is 0 Å². The number of ether oxygens (including phenoxy) is 3. The number of aromatic amines is 2. The van der Waals surface area contributed by atoms with Crippen molar-refractivity contribution in [2.75, 3.05) is 41.5 Å². The second-order valence-electron chi connectivity index (χ2n) is 18.4. The van der Waals surface area contributed by atoms with Crippen LogP contribution < -0.4 is 10.6 Å². The molecule has 0 bridgehead atoms. The number of nitrogens with one attached hydrogen (secondary N) is 4. The average molecular weight is 947 g/mol. The molecule has 0 aliphatic carbocycles. The minimum Gasteiger partial charge on any atom is -0.388 e. The lowest BCUT2D eigenvalue weighted by Crippen LogP contribution is -2.48. The van der Waals surface area contributed by atoms with Crippen LogP contribution >= 0.6 is 0 Å². The highest BCUT2D eigenvalue weighted by molar-refractivity contribution is 5.90. The topological polar surface area (TPSA) is 184 Å². The first-order chi connectivity index (χ1) is 33.3. The zero-order chi connectivity index (χ0) is 50.6. The van der Waals surface area contributed by atoms with Gasteiger partial charge in [-0.2, -0.15) is 0 Å². The Labute approximate surface area is 408 Å². The second kappa shape index (κ2) is 27.6. The fourth-order valence-electron chi connectivity index (χ4n) is 9.45. The summed E-state index contributed by atoms with van der Waals surface area (Å²) in [6, 6.07) is 20.8. The van der Waals surface area contributed by atoms with E-state index in [0.29, 0.717) is 37.0 Å². The van der Waals surface area contributed by atoms with Gasteiger partial charge in [0.2, 0.25) is 25.1 Å². The molecule has 0 spiro atoms. The zero-order valence-corrected chi connectivity index (χ0v) is 42.1. The van der Waals surface area contributed by atoms with Gasteiger partial charge in [-0.25, -0.2) is 9.97 Å². The Balaban J connectivity index is 0.000000437. The number of aromatic nitrogens is 4. The summed E-state index contributed by atoms with van der Waals surface area (Å²) in [5.41, 5.74) is 6.17. The van der Waals surface area contributed by atoms with Crippen molar-refractivity contribution in [3.05, 3.63) is 84.7 Å². The van der Waals surface area contributed by atoms with Gasteiger partial charge in [-0.3, -0.25) is 19.2 Å². The number of hydrogen-bond acceptors (Lipinski definition) is 9. The molecular formula is C54H74N8O7. The maximum atomic E-state index is 13.3. The van der Waals surface area contributed by atoms with Crippen molar-refractivity contribution in [3.8, 4) is 46.5 Å². The SMILES string of the molecule is C#C.CC(C)C(NC=O)C(=O)N1CCC[C@H]1c1ncc(-c2ccc3cc(-c4ccc(-c5cnc(C6C[C@@H](C)C(C)N6C=O)[nH]5)cc4)ccc3c2)[nH]1.COC.COC.C[C@@H]1CC(CNC=O)C[C@H](C)O1. The van der Waals surface area contributed by atoms with Crippen molar-refractivity contribution in [2.45, 2.75) is 110 Å². The number of carbonyl (C=O) groups is 4. The molecule has 3 aliphatic heterocycles. The maximum Gasteiger partial charge on any atom is 0.246 e. The second-order valence-corrected chi connectivity index (χ2v) is 18.4. The van der Waals surface area contributed by atoms with E-state index in [-0.39, 0.29) is 30.0 Å². The third-order valence-electron chi connectivity index (χ3n) is 12.9. The zero-order valence-electron chi connectivity index (χ0n) is 42.1. The number of methoxy groups -OCH3 is 2. The van der Waals surface area contributed by atoms with Crippen molar-refractivity contribution in [1.29, 1.82) is 0 Å². The van der Waals surface area contributed by atoms with E-state index >= 15 is 0 Å². The first-order valence-corrected chi connectivity index (χ1v) is 23.7. The van der Waals surface area contributed by atoms with E-state index < -0.39 is 6.04 Å². The van der Waals surface area contributed by atoms with E-state index in [9.17, 15) is 19.2 Å². The quantitative estimate of drug-likeness (QED) is 0.0666. The molecule has 4 N–H and O–H groups in total. The molecule has 3 aromatic carbocycles. The number of rotatable bonds is 13. The molecule has 8 rings (SSSR count). The molecule has 0 saturated carbocycles. The molecule has 5 aromatic rings. The van der Waals surface area contributed by atoms with Gasteiger partial charge in [0, 0.05) is 53.1 Å². The van der Waals surface area contributed by atoms with Crippen LogP contribution in [0.1, 0.15) is 97.4 Å². The normalized spacial score (nSPS) is 22.0. The first kappa shape index (κ1) is 55.3. The Morgan fingerprint density at radius 3 is 1.84 bits per heavy atom. The molecule has 5 heterocycles. The standard InChI is InChI=1S/C39H43N7O3.C9H17NO2.2C2H6O.C2H2/c1-23(2)36(42-21-47)39(49)45-15-5-6-34(45)37-40-20-33(44-37)31-14-13-29-17-28(11-12-30(29)18-31)26-7-9-27(10-8-26)32-19-41-38(43-32)35-16-24(3)25(4)46(35)22-48;1-7-3-9(5-10-6-11)4-8(2)12-7;2*1-3-2;1-2/h7-14,17-25,34-36H,5-6,15-16H2,1-4H3,(H,40,44)(H,41,43)(H,42,47);6-9H,3-5H2,1-2H3,(H,10,11);2*1-2H3;1-2H/t24-,25?,34+,35?,36?;7-,8+,9?;;;/m1..../s1. The smallest absolute Gasteiger partial charge is 0.246 e.